The molecule has 6 nitrogen and oxygen atoms in total. The first-order chi connectivity index (χ1) is 9.51. The van der Waals surface area contributed by atoms with Gasteiger partial charge in [0.05, 0.1) is 11.3 Å². The Hall–Kier alpha value is -3.07. The Labute approximate surface area is 115 Å². The normalized spacial score (nSPS) is 9.80. The summed E-state index contributed by atoms with van der Waals surface area (Å²) >= 11 is 0. The molecule has 0 atom stereocenters. The van der Waals surface area contributed by atoms with E-state index in [4.69, 9.17) is 11.0 Å². The molecule has 0 aliphatic carbocycles. The molecule has 0 fully saturated rings. The lowest BCUT2D eigenvalue weighted by Gasteiger charge is -2.08. The van der Waals surface area contributed by atoms with Gasteiger partial charge in [-0.2, -0.15) is 5.26 Å². The van der Waals surface area contributed by atoms with Crippen molar-refractivity contribution in [2.75, 3.05) is 11.1 Å². The quantitative estimate of drug-likeness (QED) is 0.796. The molecule has 100 valence electrons. The number of anilines is 2. The summed E-state index contributed by atoms with van der Waals surface area (Å²) in [5.74, 6) is -0.455. The fraction of sp³-hybridized carbons (Fsp3) is 0.0714. The number of nitrogens with one attached hydrogen (secondary N) is 1. The Morgan fingerprint density at radius 3 is 2.75 bits per heavy atom. The van der Waals surface area contributed by atoms with Gasteiger partial charge in [-0.1, -0.05) is 0 Å². The van der Waals surface area contributed by atoms with Gasteiger partial charge >= 0.3 is 0 Å². The lowest BCUT2D eigenvalue weighted by atomic mass is 10.1. The fourth-order valence-corrected chi connectivity index (χ4v) is 1.65. The standard InChI is InChI=1S/C14H12N4O2/c1-18-5-4-9(7-13(18)19)14(20)17-12-3-2-11(16)6-10(12)8-15/h2-7H,16H2,1H3,(H,17,20). The van der Waals surface area contributed by atoms with Crippen molar-refractivity contribution in [3.63, 3.8) is 0 Å². The number of nitriles is 1. The van der Waals surface area contributed by atoms with Gasteiger partial charge in [-0.15, -0.1) is 0 Å². The van der Waals surface area contributed by atoms with Crippen LogP contribution in [-0.2, 0) is 7.05 Å². The summed E-state index contributed by atoms with van der Waals surface area (Å²) < 4.78 is 1.36. The summed E-state index contributed by atoms with van der Waals surface area (Å²) in [6, 6.07) is 9.32. The number of amides is 1. The predicted octanol–water partition coefficient (Wildman–Crippen LogP) is 1.09. The van der Waals surface area contributed by atoms with Gasteiger partial charge in [0.2, 0.25) is 0 Å². The van der Waals surface area contributed by atoms with Crippen LogP contribution in [0.3, 0.4) is 0 Å². The molecule has 0 saturated heterocycles. The van der Waals surface area contributed by atoms with Gasteiger partial charge in [-0.25, -0.2) is 0 Å². The number of carbonyl (C=O) groups is 1. The maximum atomic E-state index is 12.0. The average molecular weight is 268 g/mol. The SMILES string of the molecule is Cn1ccc(C(=O)Nc2ccc(N)cc2C#N)cc1=O. The van der Waals surface area contributed by atoms with Crippen molar-refractivity contribution in [1.29, 1.82) is 5.26 Å². The minimum absolute atomic E-state index is 0.230. The van der Waals surface area contributed by atoms with Crippen molar-refractivity contribution >= 4 is 17.3 Å². The highest BCUT2D eigenvalue weighted by atomic mass is 16.2. The van der Waals surface area contributed by atoms with Crippen molar-refractivity contribution < 1.29 is 4.79 Å². The molecular formula is C14H12N4O2. The molecular weight excluding hydrogens is 256 g/mol. The van der Waals surface area contributed by atoms with Crippen molar-refractivity contribution in [2.24, 2.45) is 7.05 Å². The lowest BCUT2D eigenvalue weighted by molar-refractivity contribution is 0.102. The van der Waals surface area contributed by atoms with Crippen LogP contribution in [0.5, 0.6) is 0 Å². The van der Waals surface area contributed by atoms with Crippen LogP contribution >= 0.6 is 0 Å². The number of aryl methyl sites for hydroxylation is 1. The van der Waals surface area contributed by atoms with Gasteiger partial charge in [0.25, 0.3) is 11.5 Å². The highest BCUT2D eigenvalue weighted by Gasteiger charge is 2.10. The smallest absolute Gasteiger partial charge is 0.255 e. The molecule has 20 heavy (non-hydrogen) atoms. The van der Waals surface area contributed by atoms with Gasteiger partial charge in [-0.05, 0) is 24.3 Å². The number of nitrogens with zero attached hydrogens (tertiary/aromatic N) is 2. The van der Waals surface area contributed by atoms with Gasteiger partial charge in [0.1, 0.15) is 6.07 Å². The number of rotatable bonds is 2. The Kier molecular flexibility index (Phi) is 3.53. The number of nitrogen functional groups attached to an aromatic ring is 1. The van der Waals surface area contributed by atoms with Crippen LogP contribution in [0.1, 0.15) is 15.9 Å². The molecule has 0 bridgehead atoms. The van der Waals surface area contributed by atoms with E-state index in [1.54, 1.807) is 19.2 Å². The number of hydrogen-bond donors (Lipinski definition) is 2. The van der Waals surface area contributed by atoms with E-state index in [-0.39, 0.29) is 16.7 Å². The maximum absolute atomic E-state index is 12.0. The summed E-state index contributed by atoms with van der Waals surface area (Å²) in [5.41, 5.74) is 6.58. The summed E-state index contributed by atoms with van der Waals surface area (Å²) in [7, 11) is 1.60. The molecule has 3 N–H and O–H groups in total. The topological polar surface area (TPSA) is 101 Å². The van der Waals surface area contributed by atoms with E-state index in [9.17, 15) is 9.59 Å². The largest absolute Gasteiger partial charge is 0.399 e. The van der Waals surface area contributed by atoms with Crippen LogP contribution in [0, 0.1) is 11.3 Å². The molecule has 1 aromatic carbocycles. The molecule has 0 spiro atoms. The van der Waals surface area contributed by atoms with E-state index in [1.807, 2.05) is 6.07 Å². The zero-order valence-electron chi connectivity index (χ0n) is 10.8. The molecule has 0 radical (unpaired) electrons. The molecule has 1 heterocycles. The third-order valence-electron chi connectivity index (χ3n) is 2.78. The Morgan fingerprint density at radius 1 is 1.35 bits per heavy atom. The summed E-state index contributed by atoms with van der Waals surface area (Å²) in [6.07, 6.45) is 1.51. The van der Waals surface area contributed by atoms with Crippen molar-refractivity contribution in [1.82, 2.24) is 4.57 Å². The van der Waals surface area contributed by atoms with Gasteiger partial charge < -0.3 is 15.6 Å². The third-order valence-corrected chi connectivity index (χ3v) is 2.78. The van der Waals surface area contributed by atoms with Gasteiger partial charge in [-0.3, -0.25) is 9.59 Å². The summed E-state index contributed by atoms with van der Waals surface area (Å²) in [4.78, 5) is 23.5. The number of benzene rings is 1. The van der Waals surface area contributed by atoms with E-state index < -0.39 is 5.91 Å². The van der Waals surface area contributed by atoms with Gasteiger partial charge in [0, 0.05) is 30.6 Å². The number of carbonyl (C=O) groups excluding carboxylic acids is 1. The summed E-state index contributed by atoms with van der Waals surface area (Å²) in [5, 5.41) is 11.6. The Balaban J connectivity index is 2.30. The molecule has 0 aliphatic heterocycles. The van der Waals surface area contributed by atoms with E-state index >= 15 is 0 Å². The molecule has 2 rings (SSSR count). The first kappa shape index (κ1) is 13.4. The molecule has 2 aromatic rings. The minimum Gasteiger partial charge on any atom is -0.399 e. The number of nitrogens with two attached hydrogens (primary N) is 1. The molecule has 0 unspecified atom stereocenters. The molecule has 0 saturated carbocycles. The predicted molar refractivity (Wildman–Crippen MR) is 75.2 cm³/mol. The van der Waals surface area contributed by atoms with Crippen LogP contribution in [0.2, 0.25) is 0 Å². The number of pyridine rings is 1. The third kappa shape index (κ3) is 2.67. The number of aromatic nitrogens is 1. The number of hydrogen-bond acceptors (Lipinski definition) is 4. The molecule has 6 heteroatoms. The van der Waals surface area contributed by atoms with Gasteiger partial charge in [0.15, 0.2) is 0 Å². The lowest BCUT2D eigenvalue weighted by Crippen LogP contribution is -2.20. The second-order valence-electron chi connectivity index (χ2n) is 4.24. The first-order valence-electron chi connectivity index (χ1n) is 5.79. The monoisotopic (exact) mass is 268 g/mol. The minimum atomic E-state index is -0.455. The average Bonchev–Trinajstić information content (AvgIpc) is 2.43. The first-order valence-corrected chi connectivity index (χ1v) is 5.79. The maximum Gasteiger partial charge on any atom is 0.255 e. The van der Waals surface area contributed by atoms with Crippen molar-refractivity contribution in [2.45, 2.75) is 0 Å². The summed E-state index contributed by atoms with van der Waals surface area (Å²) in [6.45, 7) is 0. The van der Waals surface area contributed by atoms with E-state index in [2.05, 4.69) is 5.32 Å². The van der Waals surface area contributed by atoms with Crippen LogP contribution in [-0.4, -0.2) is 10.5 Å². The van der Waals surface area contributed by atoms with E-state index in [1.165, 1.54) is 29.0 Å². The van der Waals surface area contributed by atoms with E-state index in [0.29, 0.717) is 11.4 Å². The molecule has 0 aliphatic rings. The fourth-order valence-electron chi connectivity index (χ4n) is 1.65. The second kappa shape index (κ2) is 5.28. The van der Waals surface area contributed by atoms with Crippen LogP contribution < -0.4 is 16.6 Å². The highest BCUT2D eigenvalue weighted by molar-refractivity contribution is 6.04. The highest BCUT2D eigenvalue weighted by Crippen LogP contribution is 2.18. The Morgan fingerprint density at radius 2 is 2.10 bits per heavy atom. The van der Waals surface area contributed by atoms with Crippen molar-refractivity contribution in [3.8, 4) is 6.07 Å². The zero-order chi connectivity index (χ0) is 14.7. The van der Waals surface area contributed by atoms with Crippen LogP contribution in [0.15, 0.2) is 41.3 Å². The molecule has 1 aromatic heterocycles. The van der Waals surface area contributed by atoms with Crippen LogP contribution in [0.4, 0.5) is 11.4 Å². The second-order valence-corrected chi connectivity index (χ2v) is 4.24. The van der Waals surface area contributed by atoms with Crippen molar-refractivity contribution in [3.05, 3.63) is 58.0 Å². The van der Waals surface area contributed by atoms with Crippen LogP contribution in [0.25, 0.3) is 0 Å². The Bertz CT molecular complexity index is 771. The molecule has 1 amide bonds. The van der Waals surface area contributed by atoms with E-state index in [0.717, 1.165) is 0 Å². The zero-order valence-corrected chi connectivity index (χ0v) is 10.8.